The summed E-state index contributed by atoms with van der Waals surface area (Å²) in [5.41, 5.74) is 0. The molecule has 4 nitrogen and oxygen atoms in total. The summed E-state index contributed by atoms with van der Waals surface area (Å²) in [7, 11) is 0. The van der Waals surface area contributed by atoms with Crippen LogP contribution in [-0.2, 0) is 0 Å². The Balaban J connectivity index is 1.69. The van der Waals surface area contributed by atoms with Crippen LogP contribution in [-0.4, -0.2) is 40.0 Å². The maximum absolute atomic E-state index is 5.80. The summed E-state index contributed by atoms with van der Waals surface area (Å²) in [6.07, 6.45) is 6.90. The van der Waals surface area contributed by atoms with Crippen molar-refractivity contribution >= 4 is 17.4 Å². The van der Waals surface area contributed by atoms with Crippen molar-refractivity contribution in [1.29, 1.82) is 0 Å². The molecule has 17 heavy (non-hydrogen) atoms. The van der Waals surface area contributed by atoms with Crippen molar-refractivity contribution < 1.29 is 0 Å². The summed E-state index contributed by atoms with van der Waals surface area (Å²) >= 11 is 5.80. The third-order valence-corrected chi connectivity index (χ3v) is 4.00. The minimum atomic E-state index is 0.313. The van der Waals surface area contributed by atoms with Crippen molar-refractivity contribution in [2.24, 2.45) is 0 Å². The smallest absolute Gasteiger partial charge is 0.224 e. The topological polar surface area (TPSA) is 41.1 Å². The van der Waals surface area contributed by atoms with Crippen LogP contribution in [0, 0.1) is 0 Å². The average Bonchev–Trinajstić information content (AvgIpc) is 2.73. The van der Waals surface area contributed by atoms with Crippen LogP contribution in [0.5, 0.6) is 0 Å². The third-order valence-electron chi connectivity index (χ3n) is 3.82. The van der Waals surface area contributed by atoms with Crippen LogP contribution >= 0.6 is 11.6 Å². The van der Waals surface area contributed by atoms with E-state index in [1.807, 2.05) is 6.07 Å². The lowest BCUT2D eigenvalue weighted by atomic mass is 9.99. The molecule has 0 bridgehead atoms. The molecule has 0 saturated carbocycles. The Hall–Kier alpha value is -0.870. The van der Waals surface area contributed by atoms with E-state index in [4.69, 9.17) is 11.6 Å². The Kier molecular flexibility index (Phi) is 3.16. The number of hydrogen-bond acceptors (Lipinski definition) is 4. The van der Waals surface area contributed by atoms with Gasteiger partial charge in [0.25, 0.3) is 0 Å². The Bertz CT molecular complexity index is 398. The van der Waals surface area contributed by atoms with Gasteiger partial charge >= 0.3 is 0 Å². The van der Waals surface area contributed by atoms with Gasteiger partial charge in [-0.1, -0.05) is 6.42 Å². The number of nitrogens with one attached hydrogen (secondary N) is 1. The normalized spacial score (nSPS) is 29.0. The number of rotatable bonds is 2. The van der Waals surface area contributed by atoms with Crippen molar-refractivity contribution in [2.75, 3.05) is 18.4 Å². The van der Waals surface area contributed by atoms with Gasteiger partial charge in [0.1, 0.15) is 5.82 Å². The first-order valence-electron chi connectivity index (χ1n) is 6.32. The molecule has 2 atom stereocenters. The largest absolute Gasteiger partial charge is 0.366 e. The summed E-state index contributed by atoms with van der Waals surface area (Å²) in [6.45, 7) is 2.47. The lowest BCUT2D eigenvalue weighted by Crippen LogP contribution is -2.41. The van der Waals surface area contributed by atoms with Crippen LogP contribution in [0.4, 0.5) is 5.82 Å². The van der Waals surface area contributed by atoms with Crippen molar-refractivity contribution in [3.8, 4) is 0 Å². The van der Waals surface area contributed by atoms with Gasteiger partial charge < -0.3 is 5.32 Å². The highest BCUT2D eigenvalue weighted by atomic mass is 35.5. The van der Waals surface area contributed by atoms with Gasteiger partial charge in [0.2, 0.25) is 5.28 Å². The van der Waals surface area contributed by atoms with Crippen LogP contribution in [0.2, 0.25) is 5.28 Å². The number of piperidine rings is 1. The minimum absolute atomic E-state index is 0.313. The summed E-state index contributed by atoms with van der Waals surface area (Å²) in [6, 6.07) is 3.08. The molecule has 2 fully saturated rings. The van der Waals surface area contributed by atoms with Crippen LogP contribution in [0.1, 0.15) is 25.7 Å². The van der Waals surface area contributed by atoms with Gasteiger partial charge in [-0.05, 0) is 43.5 Å². The van der Waals surface area contributed by atoms with Gasteiger partial charge in [0.15, 0.2) is 0 Å². The first-order chi connectivity index (χ1) is 8.33. The van der Waals surface area contributed by atoms with E-state index >= 15 is 0 Å². The van der Waals surface area contributed by atoms with E-state index < -0.39 is 0 Å². The molecule has 5 heteroatoms. The molecule has 2 saturated heterocycles. The SMILES string of the molecule is Clc1nccc(NC2CCN3CCCCC23)n1. The number of halogens is 1. The van der Waals surface area contributed by atoms with E-state index in [0.717, 1.165) is 5.82 Å². The number of anilines is 1. The van der Waals surface area contributed by atoms with Gasteiger partial charge in [0.05, 0.1) is 0 Å². The van der Waals surface area contributed by atoms with E-state index in [9.17, 15) is 0 Å². The van der Waals surface area contributed by atoms with Crippen molar-refractivity contribution in [3.63, 3.8) is 0 Å². The first-order valence-corrected chi connectivity index (χ1v) is 6.70. The molecule has 2 aliphatic heterocycles. The molecule has 0 aromatic carbocycles. The monoisotopic (exact) mass is 252 g/mol. The highest BCUT2D eigenvalue weighted by molar-refractivity contribution is 6.28. The number of hydrogen-bond donors (Lipinski definition) is 1. The number of nitrogens with zero attached hydrogens (tertiary/aromatic N) is 3. The molecular weight excluding hydrogens is 236 g/mol. The molecule has 0 amide bonds. The van der Waals surface area contributed by atoms with Gasteiger partial charge in [-0.2, -0.15) is 0 Å². The van der Waals surface area contributed by atoms with Gasteiger partial charge in [0, 0.05) is 24.8 Å². The zero-order valence-corrected chi connectivity index (χ0v) is 10.5. The number of fused-ring (bicyclic) bond motifs is 1. The molecule has 0 radical (unpaired) electrons. The van der Waals surface area contributed by atoms with Gasteiger partial charge in [-0.3, -0.25) is 4.90 Å². The van der Waals surface area contributed by atoms with E-state index in [1.54, 1.807) is 6.20 Å². The molecular formula is C12H17ClN4. The second kappa shape index (κ2) is 4.78. The average molecular weight is 253 g/mol. The maximum atomic E-state index is 5.80. The Morgan fingerprint density at radius 3 is 3.12 bits per heavy atom. The Labute approximate surface area is 106 Å². The molecule has 1 aromatic rings. The predicted molar refractivity (Wildman–Crippen MR) is 68.3 cm³/mol. The van der Waals surface area contributed by atoms with Crippen LogP contribution in [0.15, 0.2) is 12.3 Å². The van der Waals surface area contributed by atoms with Crippen LogP contribution < -0.4 is 5.32 Å². The molecule has 3 heterocycles. The third kappa shape index (κ3) is 2.38. The van der Waals surface area contributed by atoms with E-state index in [0.29, 0.717) is 17.4 Å². The minimum Gasteiger partial charge on any atom is -0.366 e. The Morgan fingerprint density at radius 2 is 2.24 bits per heavy atom. The first kappa shape index (κ1) is 11.2. The van der Waals surface area contributed by atoms with E-state index in [-0.39, 0.29) is 0 Å². The quantitative estimate of drug-likeness (QED) is 0.819. The molecule has 2 unspecified atom stereocenters. The lowest BCUT2D eigenvalue weighted by Gasteiger charge is -2.32. The highest BCUT2D eigenvalue weighted by Gasteiger charge is 2.35. The molecule has 0 spiro atoms. The molecule has 0 aliphatic carbocycles. The maximum Gasteiger partial charge on any atom is 0.224 e. The molecule has 2 aliphatic rings. The Morgan fingerprint density at radius 1 is 1.29 bits per heavy atom. The highest BCUT2D eigenvalue weighted by Crippen LogP contribution is 2.28. The second-order valence-corrected chi connectivity index (χ2v) is 5.19. The van der Waals surface area contributed by atoms with Crippen LogP contribution in [0.3, 0.4) is 0 Å². The van der Waals surface area contributed by atoms with Gasteiger partial charge in [-0.15, -0.1) is 0 Å². The zero-order valence-electron chi connectivity index (χ0n) is 9.77. The van der Waals surface area contributed by atoms with Crippen molar-refractivity contribution in [2.45, 2.75) is 37.8 Å². The fourth-order valence-corrected chi connectivity index (χ4v) is 3.17. The molecule has 3 rings (SSSR count). The molecule has 92 valence electrons. The van der Waals surface area contributed by atoms with Crippen molar-refractivity contribution in [3.05, 3.63) is 17.5 Å². The standard InChI is InChI=1S/C12H17ClN4/c13-12-14-6-4-11(16-12)15-9-5-8-17-7-2-1-3-10(9)17/h4,6,9-10H,1-3,5,7-8H2,(H,14,15,16). The molecule has 1 N–H and O–H groups in total. The van der Waals surface area contributed by atoms with Crippen LogP contribution in [0.25, 0.3) is 0 Å². The fourth-order valence-electron chi connectivity index (χ4n) is 3.02. The summed E-state index contributed by atoms with van der Waals surface area (Å²) in [5.74, 6) is 0.849. The predicted octanol–water partition coefficient (Wildman–Crippen LogP) is 2.17. The summed E-state index contributed by atoms with van der Waals surface area (Å²) < 4.78 is 0. The zero-order chi connectivity index (χ0) is 11.7. The van der Waals surface area contributed by atoms with E-state index in [2.05, 4.69) is 20.2 Å². The van der Waals surface area contributed by atoms with Gasteiger partial charge in [-0.25, -0.2) is 9.97 Å². The van der Waals surface area contributed by atoms with E-state index in [1.165, 1.54) is 38.8 Å². The second-order valence-electron chi connectivity index (χ2n) is 4.85. The number of aromatic nitrogens is 2. The lowest BCUT2D eigenvalue weighted by molar-refractivity contribution is 0.192. The van der Waals surface area contributed by atoms with Crippen molar-refractivity contribution in [1.82, 2.24) is 14.9 Å². The summed E-state index contributed by atoms with van der Waals surface area (Å²) in [4.78, 5) is 10.7. The fraction of sp³-hybridized carbons (Fsp3) is 0.667. The molecule has 1 aromatic heterocycles. The summed E-state index contributed by atoms with van der Waals surface area (Å²) in [5, 5.41) is 3.82.